The van der Waals surface area contributed by atoms with Crippen LogP contribution in [0.5, 0.6) is 0 Å². The highest BCUT2D eigenvalue weighted by atomic mass is 16.5. The highest BCUT2D eigenvalue weighted by Crippen LogP contribution is 2.22. The second-order valence-corrected chi connectivity index (χ2v) is 6.97. The standard InChI is InChI=1S/C13H18O2.C12H18N2/c1-3-8-12(15-13(14)4-2)11-9-6-5-7-10-11;1-4-6-8-11(7-5-2)12-9-10(3)13-14-12/h5-7,9-10,12H,3-4,8H2,1-2H3;4-8,10,13H,9H2,1-3H3/b;6-4+,7-5-,11-8+. The molecule has 1 heterocycles. The van der Waals surface area contributed by atoms with E-state index in [0.29, 0.717) is 12.5 Å². The van der Waals surface area contributed by atoms with E-state index in [9.17, 15) is 4.79 Å². The normalized spacial score (nSPS) is 17.5. The summed E-state index contributed by atoms with van der Waals surface area (Å²) in [6, 6.07) is 10.4. The lowest BCUT2D eigenvalue weighted by Crippen LogP contribution is -2.13. The van der Waals surface area contributed by atoms with E-state index >= 15 is 0 Å². The van der Waals surface area contributed by atoms with Gasteiger partial charge in [-0.15, -0.1) is 0 Å². The minimum Gasteiger partial charge on any atom is -0.457 e. The molecule has 0 amide bonds. The van der Waals surface area contributed by atoms with Crippen LogP contribution < -0.4 is 5.43 Å². The van der Waals surface area contributed by atoms with Crippen molar-refractivity contribution in [3.8, 4) is 0 Å². The third-order valence-corrected chi connectivity index (χ3v) is 4.35. The summed E-state index contributed by atoms with van der Waals surface area (Å²) in [6.45, 7) is 10.1. The number of esters is 1. The molecule has 2 rings (SSSR count). The summed E-state index contributed by atoms with van der Waals surface area (Å²) >= 11 is 0. The SMILES string of the molecule is CCCC(OC(=O)CC)c1ccccc1.C\C=C/C(=C\C=C\C)C1=NNC(C)C1. The molecule has 2 unspecified atom stereocenters. The molecule has 4 heteroatoms. The van der Waals surface area contributed by atoms with Gasteiger partial charge in [0.1, 0.15) is 6.10 Å². The molecule has 1 aliphatic rings. The van der Waals surface area contributed by atoms with Crippen LogP contribution in [-0.4, -0.2) is 17.7 Å². The van der Waals surface area contributed by atoms with Gasteiger partial charge < -0.3 is 10.2 Å². The van der Waals surface area contributed by atoms with Crippen LogP contribution in [0.3, 0.4) is 0 Å². The quantitative estimate of drug-likeness (QED) is 0.415. The van der Waals surface area contributed by atoms with E-state index in [1.54, 1.807) is 0 Å². The van der Waals surface area contributed by atoms with Crippen LogP contribution in [0.2, 0.25) is 0 Å². The Balaban J connectivity index is 0.000000291. The summed E-state index contributed by atoms with van der Waals surface area (Å²) in [5.41, 5.74) is 6.50. The topological polar surface area (TPSA) is 50.7 Å². The van der Waals surface area contributed by atoms with E-state index in [4.69, 9.17) is 4.74 Å². The molecule has 4 nitrogen and oxygen atoms in total. The molecule has 1 aliphatic heterocycles. The van der Waals surface area contributed by atoms with Gasteiger partial charge in [-0.1, -0.05) is 81.0 Å². The smallest absolute Gasteiger partial charge is 0.306 e. The molecule has 0 radical (unpaired) electrons. The summed E-state index contributed by atoms with van der Waals surface area (Å²) < 4.78 is 5.39. The molecule has 2 atom stereocenters. The fraction of sp³-hybridized carbons (Fsp3) is 0.440. The van der Waals surface area contributed by atoms with Crippen molar-refractivity contribution in [3.63, 3.8) is 0 Å². The van der Waals surface area contributed by atoms with Crippen molar-refractivity contribution in [3.05, 3.63) is 71.8 Å². The second-order valence-electron chi connectivity index (χ2n) is 6.97. The fourth-order valence-electron chi connectivity index (χ4n) is 2.84. The number of nitrogens with zero attached hydrogens (tertiary/aromatic N) is 1. The number of carbonyl (C=O) groups is 1. The Morgan fingerprint density at radius 1 is 1.24 bits per heavy atom. The monoisotopic (exact) mass is 396 g/mol. The average molecular weight is 397 g/mol. The second kappa shape index (κ2) is 14.4. The summed E-state index contributed by atoms with van der Waals surface area (Å²) in [5.74, 6) is -0.127. The first kappa shape index (κ1) is 24.4. The van der Waals surface area contributed by atoms with Crippen molar-refractivity contribution in [1.82, 2.24) is 5.43 Å². The zero-order valence-corrected chi connectivity index (χ0v) is 18.5. The number of carbonyl (C=O) groups excluding carboxylic acids is 1. The number of ether oxygens (including phenoxy) is 1. The highest BCUT2D eigenvalue weighted by Gasteiger charge is 2.15. The molecular weight excluding hydrogens is 360 g/mol. The highest BCUT2D eigenvalue weighted by molar-refractivity contribution is 6.03. The van der Waals surface area contributed by atoms with Crippen LogP contribution in [0.1, 0.15) is 72.0 Å². The minimum absolute atomic E-state index is 0.0800. The zero-order valence-electron chi connectivity index (χ0n) is 18.5. The molecule has 0 fully saturated rings. The first-order valence-electron chi connectivity index (χ1n) is 10.6. The molecule has 0 saturated carbocycles. The average Bonchev–Trinajstić information content (AvgIpc) is 3.18. The van der Waals surface area contributed by atoms with Crippen LogP contribution in [0, 0.1) is 0 Å². The first-order valence-corrected chi connectivity index (χ1v) is 10.6. The molecule has 1 N–H and O–H groups in total. The summed E-state index contributed by atoms with van der Waals surface area (Å²) in [5, 5.41) is 4.30. The van der Waals surface area contributed by atoms with Crippen LogP contribution in [-0.2, 0) is 9.53 Å². The molecule has 0 aromatic heterocycles. The molecule has 158 valence electrons. The van der Waals surface area contributed by atoms with Crippen molar-refractivity contribution < 1.29 is 9.53 Å². The Morgan fingerprint density at radius 3 is 2.48 bits per heavy atom. The number of rotatable bonds is 8. The van der Waals surface area contributed by atoms with E-state index in [1.807, 2.05) is 69.3 Å². The van der Waals surface area contributed by atoms with E-state index in [-0.39, 0.29) is 12.1 Å². The van der Waals surface area contributed by atoms with Crippen LogP contribution in [0.4, 0.5) is 0 Å². The number of allylic oxidation sites excluding steroid dienone is 6. The van der Waals surface area contributed by atoms with Crippen molar-refractivity contribution in [1.29, 1.82) is 0 Å². The van der Waals surface area contributed by atoms with Gasteiger partial charge in [-0.3, -0.25) is 4.79 Å². The molecule has 0 spiro atoms. The van der Waals surface area contributed by atoms with Gasteiger partial charge in [0.05, 0.1) is 5.71 Å². The van der Waals surface area contributed by atoms with Crippen molar-refractivity contribution in [2.24, 2.45) is 5.10 Å². The van der Waals surface area contributed by atoms with Gasteiger partial charge in [-0.25, -0.2) is 0 Å². The van der Waals surface area contributed by atoms with Gasteiger partial charge in [0, 0.05) is 18.9 Å². The maximum absolute atomic E-state index is 11.2. The Bertz CT molecular complexity index is 718. The summed E-state index contributed by atoms with van der Waals surface area (Å²) in [4.78, 5) is 11.2. The largest absolute Gasteiger partial charge is 0.457 e. The fourth-order valence-corrected chi connectivity index (χ4v) is 2.84. The molecule has 0 bridgehead atoms. The number of hydrogen-bond donors (Lipinski definition) is 1. The van der Waals surface area contributed by atoms with Gasteiger partial charge in [0.15, 0.2) is 0 Å². The van der Waals surface area contributed by atoms with Gasteiger partial charge in [-0.2, -0.15) is 5.10 Å². The summed E-state index contributed by atoms with van der Waals surface area (Å²) in [6.07, 6.45) is 13.6. The summed E-state index contributed by atoms with van der Waals surface area (Å²) in [7, 11) is 0. The number of benzene rings is 1. The van der Waals surface area contributed by atoms with E-state index in [2.05, 4.69) is 36.5 Å². The first-order chi connectivity index (χ1) is 14.0. The number of hydrogen-bond acceptors (Lipinski definition) is 4. The van der Waals surface area contributed by atoms with E-state index in [0.717, 1.165) is 30.5 Å². The third kappa shape index (κ3) is 9.42. The van der Waals surface area contributed by atoms with Crippen molar-refractivity contribution >= 4 is 11.7 Å². The van der Waals surface area contributed by atoms with Crippen LogP contribution in [0.15, 0.2) is 71.4 Å². The number of hydrazone groups is 1. The van der Waals surface area contributed by atoms with Gasteiger partial charge in [0.2, 0.25) is 0 Å². The predicted molar refractivity (Wildman–Crippen MR) is 123 cm³/mol. The molecular formula is C25H36N2O2. The molecule has 0 aliphatic carbocycles. The van der Waals surface area contributed by atoms with Gasteiger partial charge in [0.25, 0.3) is 0 Å². The van der Waals surface area contributed by atoms with Gasteiger partial charge in [-0.05, 0) is 38.3 Å². The van der Waals surface area contributed by atoms with Gasteiger partial charge >= 0.3 is 5.97 Å². The Morgan fingerprint density at radius 2 is 1.97 bits per heavy atom. The molecule has 29 heavy (non-hydrogen) atoms. The zero-order chi connectivity index (χ0) is 21.5. The Kier molecular flexibility index (Phi) is 12.1. The lowest BCUT2D eigenvalue weighted by atomic mass is 10.0. The molecule has 1 aromatic carbocycles. The van der Waals surface area contributed by atoms with Crippen LogP contribution in [0.25, 0.3) is 0 Å². The Hall–Kier alpha value is -2.62. The maximum atomic E-state index is 11.2. The predicted octanol–water partition coefficient (Wildman–Crippen LogP) is 6.28. The minimum atomic E-state index is -0.127. The maximum Gasteiger partial charge on any atom is 0.306 e. The molecule has 0 saturated heterocycles. The van der Waals surface area contributed by atoms with E-state index in [1.165, 1.54) is 5.57 Å². The lowest BCUT2D eigenvalue weighted by Gasteiger charge is -2.17. The third-order valence-electron chi connectivity index (χ3n) is 4.35. The van der Waals surface area contributed by atoms with Crippen LogP contribution >= 0.6 is 0 Å². The lowest BCUT2D eigenvalue weighted by molar-refractivity contribution is -0.149. The number of nitrogens with one attached hydrogen (secondary N) is 1. The van der Waals surface area contributed by atoms with Crippen molar-refractivity contribution in [2.45, 2.75) is 72.4 Å². The molecule has 1 aromatic rings. The van der Waals surface area contributed by atoms with Crippen molar-refractivity contribution in [2.75, 3.05) is 0 Å². The van der Waals surface area contributed by atoms with E-state index < -0.39 is 0 Å². The Labute approximate surface area is 176 Å².